The Morgan fingerprint density at radius 1 is 1.63 bits per heavy atom. The molecule has 2 heterocycles. The molecule has 2 aliphatic heterocycles. The van der Waals surface area contributed by atoms with Crippen molar-refractivity contribution in [2.24, 2.45) is 0 Å². The molecule has 0 radical (unpaired) electrons. The van der Waals surface area contributed by atoms with Gasteiger partial charge in [-0.3, -0.25) is 4.90 Å². The van der Waals surface area contributed by atoms with Crippen LogP contribution in [0.3, 0.4) is 0 Å². The zero-order valence-corrected chi connectivity index (χ0v) is 9.86. The molecule has 0 saturated carbocycles. The van der Waals surface area contributed by atoms with Crippen LogP contribution in [0.1, 0.15) is 6.42 Å². The van der Waals surface area contributed by atoms with Crippen molar-refractivity contribution in [2.75, 3.05) is 13.2 Å². The second kappa shape index (κ2) is 4.90. The summed E-state index contributed by atoms with van der Waals surface area (Å²) in [7, 11) is 0. The topological polar surface area (TPSA) is 126 Å². The fourth-order valence-electron chi connectivity index (χ4n) is 2.20. The Bertz CT molecular complexity index is 416. The Morgan fingerprint density at radius 3 is 2.84 bits per heavy atom. The van der Waals surface area contributed by atoms with Crippen LogP contribution in [-0.4, -0.2) is 69.7 Å². The largest absolute Gasteiger partial charge is 0.394 e. The SMILES string of the molecule is N#C[C@]1(F)C(N2CCC(O)NC2=O)O[C@H](CO)[C@H]1O. The van der Waals surface area contributed by atoms with E-state index in [1.807, 2.05) is 0 Å². The summed E-state index contributed by atoms with van der Waals surface area (Å²) in [6, 6.07) is 0.497. The zero-order chi connectivity index (χ0) is 14.2. The molecule has 2 fully saturated rings. The second-order valence-corrected chi connectivity index (χ2v) is 4.48. The monoisotopic (exact) mass is 275 g/mol. The lowest BCUT2D eigenvalue weighted by Gasteiger charge is -2.36. The van der Waals surface area contributed by atoms with Crippen molar-refractivity contribution in [2.45, 2.75) is 36.8 Å². The van der Waals surface area contributed by atoms with E-state index < -0.39 is 43.0 Å². The van der Waals surface area contributed by atoms with Gasteiger partial charge in [0.2, 0.25) is 0 Å². The first kappa shape index (κ1) is 14.0. The fraction of sp³-hybridized carbons (Fsp3) is 0.800. The molecule has 5 atom stereocenters. The quantitative estimate of drug-likeness (QED) is 0.463. The summed E-state index contributed by atoms with van der Waals surface area (Å²) in [6.45, 7) is -0.709. The minimum absolute atomic E-state index is 0.0319. The second-order valence-electron chi connectivity index (χ2n) is 4.48. The lowest BCUT2D eigenvalue weighted by Crippen LogP contribution is -2.60. The van der Waals surface area contributed by atoms with Crippen LogP contribution in [0.2, 0.25) is 0 Å². The van der Waals surface area contributed by atoms with Gasteiger partial charge in [0.05, 0.1) is 6.61 Å². The number of alkyl halides is 1. The summed E-state index contributed by atoms with van der Waals surface area (Å²) in [6.07, 6.45) is -5.68. The van der Waals surface area contributed by atoms with Crippen molar-refractivity contribution in [3.8, 4) is 6.07 Å². The number of rotatable bonds is 2. The van der Waals surface area contributed by atoms with Crippen LogP contribution in [0.25, 0.3) is 0 Å². The van der Waals surface area contributed by atoms with Crippen molar-refractivity contribution in [1.29, 1.82) is 5.26 Å². The lowest BCUT2D eigenvalue weighted by molar-refractivity contribution is -0.0895. The third-order valence-corrected chi connectivity index (χ3v) is 3.27. The highest BCUT2D eigenvalue weighted by Crippen LogP contribution is 2.36. The molecular formula is C10H14FN3O5. The van der Waals surface area contributed by atoms with E-state index in [-0.39, 0.29) is 13.0 Å². The first-order chi connectivity index (χ1) is 8.93. The average molecular weight is 275 g/mol. The van der Waals surface area contributed by atoms with Crippen LogP contribution in [0, 0.1) is 11.3 Å². The number of aliphatic hydroxyl groups is 3. The zero-order valence-electron chi connectivity index (χ0n) is 9.86. The van der Waals surface area contributed by atoms with Crippen LogP contribution in [-0.2, 0) is 4.74 Å². The van der Waals surface area contributed by atoms with Crippen LogP contribution >= 0.6 is 0 Å². The van der Waals surface area contributed by atoms with Gasteiger partial charge in [-0.2, -0.15) is 5.26 Å². The van der Waals surface area contributed by atoms with Gasteiger partial charge in [-0.25, -0.2) is 9.18 Å². The minimum atomic E-state index is -2.83. The van der Waals surface area contributed by atoms with Crippen molar-refractivity contribution in [3.05, 3.63) is 0 Å². The van der Waals surface area contributed by atoms with E-state index in [2.05, 4.69) is 5.32 Å². The van der Waals surface area contributed by atoms with Gasteiger partial charge in [-0.15, -0.1) is 0 Å². The van der Waals surface area contributed by atoms with Gasteiger partial charge < -0.3 is 25.4 Å². The van der Waals surface area contributed by atoms with Crippen molar-refractivity contribution < 1.29 is 29.2 Å². The van der Waals surface area contributed by atoms with Gasteiger partial charge in [0.1, 0.15) is 24.5 Å². The van der Waals surface area contributed by atoms with Crippen LogP contribution < -0.4 is 5.32 Å². The number of hydrogen-bond acceptors (Lipinski definition) is 6. The van der Waals surface area contributed by atoms with E-state index >= 15 is 0 Å². The summed E-state index contributed by atoms with van der Waals surface area (Å²) in [5.74, 6) is 0. The Kier molecular flexibility index (Phi) is 3.60. The first-order valence-electron chi connectivity index (χ1n) is 5.73. The van der Waals surface area contributed by atoms with Gasteiger partial charge in [-0.05, 0) is 0 Å². The highest BCUT2D eigenvalue weighted by molar-refractivity contribution is 5.75. The molecule has 0 aromatic heterocycles. The summed E-state index contributed by atoms with van der Waals surface area (Å²) in [5.41, 5.74) is -2.83. The van der Waals surface area contributed by atoms with Crippen LogP contribution in [0.5, 0.6) is 0 Å². The van der Waals surface area contributed by atoms with Crippen LogP contribution in [0.4, 0.5) is 9.18 Å². The third kappa shape index (κ3) is 2.12. The average Bonchev–Trinajstić information content (AvgIpc) is 2.63. The van der Waals surface area contributed by atoms with E-state index in [1.165, 1.54) is 6.07 Å². The van der Waals surface area contributed by atoms with Gasteiger partial charge in [0, 0.05) is 13.0 Å². The molecule has 2 unspecified atom stereocenters. The summed E-state index contributed by atoms with van der Waals surface area (Å²) in [4.78, 5) is 12.5. The predicted molar refractivity (Wildman–Crippen MR) is 57.1 cm³/mol. The number of nitriles is 1. The number of ether oxygens (including phenoxy) is 1. The highest BCUT2D eigenvalue weighted by atomic mass is 19.1. The number of amides is 2. The van der Waals surface area contributed by atoms with Gasteiger partial charge in [0.15, 0.2) is 6.23 Å². The number of nitrogens with one attached hydrogen (secondary N) is 1. The van der Waals surface area contributed by atoms with E-state index in [0.717, 1.165) is 4.90 Å². The smallest absolute Gasteiger partial charge is 0.321 e. The van der Waals surface area contributed by atoms with E-state index in [4.69, 9.17) is 15.1 Å². The molecule has 4 N–H and O–H groups in total. The molecule has 19 heavy (non-hydrogen) atoms. The minimum Gasteiger partial charge on any atom is -0.394 e. The van der Waals surface area contributed by atoms with Crippen LogP contribution in [0.15, 0.2) is 0 Å². The number of nitrogens with zero attached hydrogens (tertiary/aromatic N) is 2. The van der Waals surface area contributed by atoms with Crippen molar-refractivity contribution in [1.82, 2.24) is 10.2 Å². The maximum Gasteiger partial charge on any atom is 0.321 e. The maximum absolute atomic E-state index is 14.5. The van der Waals surface area contributed by atoms with E-state index in [0.29, 0.717) is 0 Å². The normalized spacial score (nSPS) is 42.9. The molecule has 106 valence electrons. The number of urea groups is 1. The molecule has 2 aliphatic rings. The molecule has 9 heteroatoms. The number of carbonyl (C=O) groups excluding carboxylic acids is 1. The fourth-order valence-corrected chi connectivity index (χ4v) is 2.20. The first-order valence-corrected chi connectivity index (χ1v) is 5.73. The predicted octanol–water partition coefficient (Wildman–Crippen LogP) is -1.97. The lowest BCUT2D eigenvalue weighted by atomic mass is 9.97. The Balaban J connectivity index is 2.24. The molecule has 0 spiro atoms. The molecule has 2 rings (SSSR count). The summed E-state index contributed by atoms with van der Waals surface area (Å²) < 4.78 is 19.5. The number of halogens is 1. The molecule has 2 saturated heterocycles. The summed E-state index contributed by atoms with van der Waals surface area (Å²) in [5, 5.41) is 38.9. The Morgan fingerprint density at radius 2 is 2.32 bits per heavy atom. The number of hydrogen-bond donors (Lipinski definition) is 4. The Labute approximate surface area is 108 Å². The molecular weight excluding hydrogens is 261 g/mol. The number of carbonyl (C=O) groups is 1. The molecule has 8 nitrogen and oxygen atoms in total. The maximum atomic E-state index is 14.5. The third-order valence-electron chi connectivity index (χ3n) is 3.27. The van der Waals surface area contributed by atoms with E-state index in [1.54, 1.807) is 0 Å². The molecule has 2 amide bonds. The Hall–Kier alpha value is -1.47. The van der Waals surface area contributed by atoms with Gasteiger partial charge in [-0.1, -0.05) is 0 Å². The highest BCUT2D eigenvalue weighted by Gasteiger charge is 2.61. The van der Waals surface area contributed by atoms with Gasteiger partial charge >= 0.3 is 6.03 Å². The number of aliphatic hydroxyl groups excluding tert-OH is 3. The van der Waals surface area contributed by atoms with Crippen molar-refractivity contribution in [3.63, 3.8) is 0 Å². The molecule has 0 aliphatic carbocycles. The summed E-state index contributed by atoms with van der Waals surface area (Å²) >= 11 is 0. The van der Waals surface area contributed by atoms with Crippen molar-refractivity contribution >= 4 is 6.03 Å². The van der Waals surface area contributed by atoms with Gasteiger partial charge in [0.25, 0.3) is 5.67 Å². The molecule has 0 aromatic carbocycles. The molecule has 0 bridgehead atoms. The van der Waals surface area contributed by atoms with E-state index in [9.17, 15) is 19.4 Å². The standard InChI is InChI=1S/C10H14FN3O5/c11-10(4-12)7(17)5(3-15)19-8(10)14-2-1-6(16)13-9(14)18/h5-8,15-17H,1-3H2,(H,13,18)/t5-,6?,7-,8?,10-/m1/s1. The molecule has 0 aromatic rings.